The van der Waals surface area contributed by atoms with Gasteiger partial charge in [0.1, 0.15) is 0 Å². The molecule has 1 aliphatic heterocycles. The standard InChI is InChI=1S/C19H19NO2.C4H4O4/c1-20-12-16-13-21-19(22-16)17-8-4-2-6-14(17)10-11-15-7-3-5-9-18(15)19;5-3(6)1-2-4(7)8/h2-11,16,20H,12-13H2,1H3;1-2H,(H,5,6)(H,7,8)/b;2-1-. The van der Waals surface area contributed by atoms with Crippen LogP contribution in [0, 0.1) is 0 Å². The molecule has 1 spiro atoms. The van der Waals surface area contributed by atoms with Gasteiger partial charge in [-0.15, -0.1) is 0 Å². The maximum atomic E-state index is 9.55. The minimum absolute atomic E-state index is 0.0456. The summed E-state index contributed by atoms with van der Waals surface area (Å²) in [5.41, 5.74) is 4.44. The summed E-state index contributed by atoms with van der Waals surface area (Å²) < 4.78 is 12.7. The molecular weight excluding hydrogens is 386 g/mol. The van der Waals surface area contributed by atoms with Crippen LogP contribution in [0.15, 0.2) is 60.7 Å². The van der Waals surface area contributed by atoms with Gasteiger partial charge in [-0.05, 0) is 18.2 Å². The Hall–Kier alpha value is -3.26. The predicted octanol–water partition coefficient (Wildman–Crippen LogP) is 2.72. The van der Waals surface area contributed by atoms with Crippen molar-refractivity contribution in [3.8, 4) is 0 Å². The Bertz CT molecular complexity index is 916. The van der Waals surface area contributed by atoms with Gasteiger partial charge in [0.05, 0.1) is 12.7 Å². The van der Waals surface area contributed by atoms with Gasteiger partial charge in [0, 0.05) is 29.8 Å². The second-order valence-corrected chi connectivity index (χ2v) is 6.74. The molecule has 0 saturated carbocycles. The average Bonchev–Trinajstić information content (AvgIpc) is 3.11. The van der Waals surface area contributed by atoms with Crippen LogP contribution in [-0.2, 0) is 24.8 Å². The Morgan fingerprint density at radius 3 is 1.97 bits per heavy atom. The number of ether oxygens (including phenoxy) is 2. The number of fused-ring (bicyclic) bond motifs is 4. The summed E-state index contributed by atoms with van der Waals surface area (Å²) in [6.07, 6.45) is 5.44. The fourth-order valence-corrected chi connectivity index (χ4v) is 3.48. The lowest BCUT2D eigenvalue weighted by Gasteiger charge is -2.30. The summed E-state index contributed by atoms with van der Waals surface area (Å²) in [4.78, 5) is 19.1. The molecule has 0 amide bonds. The van der Waals surface area contributed by atoms with Gasteiger partial charge in [0.25, 0.3) is 0 Å². The Balaban J connectivity index is 0.000000275. The molecular formula is C23H23NO6. The summed E-state index contributed by atoms with van der Waals surface area (Å²) >= 11 is 0. The minimum atomic E-state index is -1.26. The van der Waals surface area contributed by atoms with Crippen molar-refractivity contribution in [2.45, 2.75) is 11.9 Å². The first kappa shape index (κ1) is 21.4. The Morgan fingerprint density at radius 1 is 1.00 bits per heavy atom. The first-order valence-corrected chi connectivity index (χ1v) is 9.43. The van der Waals surface area contributed by atoms with Gasteiger partial charge < -0.3 is 25.0 Å². The van der Waals surface area contributed by atoms with Crippen molar-refractivity contribution in [1.82, 2.24) is 5.32 Å². The second-order valence-electron chi connectivity index (χ2n) is 6.74. The Kier molecular flexibility index (Phi) is 6.79. The van der Waals surface area contributed by atoms with Crippen molar-refractivity contribution in [1.29, 1.82) is 0 Å². The molecule has 7 nitrogen and oxygen atoms in total. The van der Waals surface area contributed by atoms with Crippen molar-refractivity contribution < 1.29 is 29.3 Å². The maximum absolute atomic E-state index is 9.55. The number of hydrogen-bond donors (Lipinski definition) is 3. The van der Waals surface area contributed by atoms with Crippen LogP contribution in [0.25, 0.3) is 12.2 Å². The monoisotopic (exact) mass is 409 g/mol. The van der Waals surface area contributed by atoms with Gasteiger partial charge in [0.2, 0.25) is 5.79 Å². The van der Waals surface area contributed by atoms with Gasteiger partial charge >= 0.3 is 11.9 Å². The summed E-state index contributed by atoms with van der Waals surface area (Å²) in [5.74, 6) is -3.32. The highest BCUT2D eigenvalue weighted by Gasteiger charge is 2.47. The highest BCUT2D eigenvalue weighted by molar-refractivity contribution is 5.89. The van der Waals surface area contributed by atoms with Crippen LogP contribution in [-0.4, -0.2) is 48.5 Å². The van der Waals surface area contributed by atoms with E-state index in [1.54, 1.807) is 0 Å². The largest absolute Gasteiger partial charge is 0.478 e. The third-order valence-corrected chi connectivity index (χ3v) is 4.68. The molecule has 1 saturated heterocycles. The molecule has 3 N–H and O–H groups in total. The number of hydrogen-bond acceptors (Lipinski definition) is 5. The normalized spacial score (nSPS) is 18.2. The van der Waals surface area contributed by atoms with E-state index in [-0.39, 0.29) is 6.10 Å². The van der Waals surface area contributed by atoms with Crippen LogP contribution in [0.3, 0.4) is 0 Å². The summed E-state index contributed by atoms with van der Waals surface area (Å²) in [6, 6.07) is 16.6. The lowest BCUT2D eigenvalue weighted by atomic mass is 9.93. The van der Waals surface area contributed by atoms with Crippen LogP contribution in [0.4, 0.5) is 0 Å². The lowest BCUT2D eigenvalue weighted by molar-refractivity contribution is -0.142. The molecule has 4 rings (SSSR count). The highest BCUT2D eigenvalue weighted by atomic mass is 16.7. The third-order valence-electron chi connectivity index (χ3n) is 4.68. The molecule has 1 fully saturated rings. The molecule has 2 aromatic carbocycles. The third kappa shape index (κ3) is 4.65. The molecule has 1 heterocycles. The van der Waals surface area contributed by atoms with Gasteiger partial charge in [-0.1, -0.05) is 60.7 Å². The molecule has 2 aromatic rings. The number of carboxylic acids is 2. The van der Waals surface area contributed by atoms with E-state index in [4.69, 9.17) is 19.7 Å². The number of likely N-dealkylation sites (N-methyl/N-ethyl adjacent to an activating group) is 1. The number of benzene rings is 2. The van der Waals surface area contributed by atoms with E-state index in [0.717, 1.165) is 28.8 Å². The van der Waals surface area contributed by atoms with E-state index >= 15 is 0 Å². The zero-order chi connectivity index (χ0) is 21.6. The molecule has 0 bridgehead atoms. The Morgan fingerprint density at radius 2 is 1.50 bits per heavy atom. The zero-order valence-corrected chi connectivity index (χ0v) is 16.4. The molecule has 1 unspecified atom stereocenters. The quantitative estimate of drug-likeness (QED) is 0.667. The van der Waals surface area contributed by atoms with E-state index < -0.39 is 17.7 Å². The van der Waals surface area contributed by atoms with Gasteiger partial charge in [0.15, 0.2) is 0 Å². The minimum Gasteiger partial charge on any atom is -0.478 e. The summed E-state index contributed by atoms with van der Waals surface area (Å²) in [5, 5.41) is 18.8. The maximum Gasteiger partial charge on any atom is 0.328 e. The van der Waals surface area contributed by atoms with Crippen LogP contribution >= 0.6 is 0 Å². The van der Waals surface area contributed by atoms with E-state index in [0.29, 0.717) is 18.8 Å². The van der Waals surface area contributed by atoms with E-state index in [9.17, 15) is 9.59 Å². The van der Waals surface area contributed by atoms with Crippen LogP contribution in [0.5, 0.6) is 0 Å². The predicted molar refractivity (Wildman–Crippen MR) is 112 cm³/mol. The first-order chi connectivity index (χ1) is 14.5. The van der Waals surface area contributed by atoms with Crippen molar-refractivity contribution in [3.05, 3.63) is 82.9 Å². The number of carboxylic acid groups (broad SMARTS) is 2. The van der Waals surface area contributed by atoms with E-state index in [2.05, 4.69) is 41.7 Å². The van der Waals surface area contributed by atoms with Gasteiger partial charge in [-0.25, -0.2) is 9.59 Å². The molecule has 0 aromatic heterocycles. The van der Waals surface area contributed by atoms with Crippen molar-refractivity contribution in [2.75, 3.05) is 20.2 Å². The van der Waals surface area contributed by atoms with Gasteiger partial charge in [-0.3, -0.25) is 0 Å². The molecule has 1 atom stereocenters. The fraction of sp³-hybridized carbons (Fsp3) is 0.217. The SMILES string of the molecule is CNCC1COC2(O1)c1ccccc1C=Cc1ccccc12.O=C(O)/C=C\C(=O)O. The van der Waals surface area contributed by atoms with Crippen molar-refractivity contribution >= 4 is 24.1 Å². The molecule has 2 aliphatic rings. The van der Waals surface area contributed by atoms with Crippen molar-refractivity contribution in [2.24, 2.45) is 0 Å². The molecule has 7 heteroatoms. The highest BCUT2D eigenvalue weighted by Crippen LogP contribution is 2.45. The van der Waals surface area contributed by atoms with Gasteiger partial charge in [-0.2, -0.15) is 0 Å². The van der Waals surface area contributed by atoms with E-state index in [1.165, 1.54) is 0 Å². The second kappa shape index (κ2) is 9.49. The molecule has 0 radical (unpaired) electrons. The Labute approximate surface area is 174 Å². The van der Waals surface area contributed by atoms with E-state index in [1.807, 2.05) is 31.3 Å². The van der Waals surface area contributed by atoms with Crippen LogP contribution in [0.1, 0.15) is 22.3 Å². The topological polar surface area (TPSA) is 105 Å². The fourth-order valence-electron chi connectivity index (χ4n) is 3.48. The average molecular weight is 409 g/mol. The summed E-state index contributed by atoms with van der Waals surface area (Å²) in [6.45, 7) is 1.36. The summed E-state index contributed by atoms with van der Waals surface area (Å²) in [7, 11) is 1.94. The molecule has 30 heavy (non-hydrogen) atoms. The smallest absolute Gasteiger partial charge is 0.328 e. The molecule has 156 valence electrons. The molecule has 1 aliphatic carbocycles. The van der Waals surface area contributed by atoms with Crippen molar-refractivity contribution in [3.63, 3.8) is 0 Å². The lowest BCUT2D eigenvalue weighted by Crippen LogP contribution is -2.33. The number of nitrogens with one attached hydrogen (secondary N) is 1. The first-order valence-electron chi connectivity index (χ1n) is 9.43. The number of aliphatic carboxylic acids is 2. The zero-order valence-electron chi connectivity index (χ0n) is 16.4. The van der Waals surface area contributed by atoms with Crippen LogP contribution < -0.4 is 5.32 Å². The number of rotatable bonds is 4. The number of carbonyl (C=O) groups is 2. The van der Waals surface area contributed by atoms with Crippen LogP contribution in [0.2, 0.25) is 0 Å².